The van der Waals surface area contributed by atoms with Gasteiger partial charge in [-0.15, -0.1) is 0 Å². The van der Waals surface area contributed by atoms with Crippen LogP contribution in [0, 0.1) is 0 Å². The van der Waals surface area contributed by atoms with Gasteiger partial charge in [0.1, 0.15) is 6.54 Å². The van der Waals surface area contributed by atoms with Gasteiger partial charge in [0, 0.05) is 6.07 Å². The molecule has 0 saturated carbocycles. The molecule has 1 atom stereocenters. The molecule has 0 aliphatic heterocycles. The quantitative estimate of drug-likeness (QED) is 0.272. The van der Waals surface area contributed by atoms with Gasteiger partial charge in [0.15, 0.2) is 14.1 Å². The largest absolute Gasteiger partial charge is 0.481 e. The fraction of sp³-hybridized carbons (Fsp3) is 0.538. The molecule has 0 aliphatic rings. The lowest BCUT2D eigenvalue weighted by atomic mass is 10.2. The minimum Gasteiger partial charge on any atom is -0.481 e. The molecule has 1 aromatic heterocycles. The zero-order chi connectivity index (χ0) is 25.9. The summed E-state index contributed by atoms with van der Waals surface area (Å²) in [5, 5.41) is 6.65. The second kappa shape index (κ2) is 13.5. The average molecular weight is 504 g/mol. The van der Waals surface area contributed by atoms with Crippen LogP contribution in [-0.2, 0) is 25.3 Å². The van der Waals surface area contributed by atoms with Gasteiger partial charge in [-0.05, 0) is 36.7 Å². The highest BCUT2D eigenvalue weighted by Crippen LogP contribution is 2.36. The average Bonchev–Trinajstić information content (AvgIpc) is 2.81. The number of anilines is 2. The summed E-state index contributed by atoms with van der Waals surface area (Å²) in [7, 11) is -0.408. The van der Waals surface area contributed by atoms with Crippen molar-refractivity contribution in [2.45, 2.75) is 58.5 Å². The fourth-order valence-electron chi connectivity index (χ4n) is 2.93. The number of benzene rings is 1. The molecule has 0 spiro atoms. The third-order valence-corrected chi connectivity index (χ3v) is 10.5. The van der Waals surface area contributed by atoms with Crippen LogP contribution in [0.3, 0.4) is 0 Å². The summed E-state index contributed by atoms with van der Waals surface area (Å²) in [5.41, 5.74) is 1.77. The molecule has 1 aromatic carbocycles. The van der Waals surface area contributed by atoms with Crippen molar-refractivity contribution in [3.8, 4) is 5.88 Å². The summed E-state index contributed by atoms with van der Waals surface area (Å²) >= 11 is 0. The van der Waals surface area contributed by atoms with Gasteiger partial charge in [0.25, 0.3) is 0 Å². The Kier molecular flexibility index (Phi) is 11.0. The minimum atomic E-state index is -1.98. The maximum atomic E-state index is 11.9. The second-order valence-electron chi connectivity index (χ2n) is 9.82. The number of aromatic nitrogens is 1. The first-order chi connectivity index (χ1) is 16.6. The predicted molar refractivity (Wildman–Crippen MR) is 143 cm³/mol. The lowest BCUT2D eigenvalue weighted by Crippen LogP contribution is -2.44. The van der Waals surface area contributed by atoms with Gasteiger partial charge in [0.05, 0.1) is 45.3 Å². The van der Waals surface area contributed by atoms with E-state index < -0.39 is 8.32 Å². The predicted octanol–water partition coefficient (Wildman–Crippen LogP) is 5.08. The topological polar surface area (TPSA) is 90.9 Å². The van der Waals surface area contributed by atoms with Crippen molar-refractivity contribution in [1.29, 1.82) is 0 Å². The van der Waals surface area contributed by atoms with Crippen LogP contribution in [-0.4, -0.2) is 58.8 Å². The number of ether oxygens (including phenoxy) is 3. The van der Waals surface area contributed by atoms with Gasteiger partial charge in [-0.1, -0.05) is 51.1 Å². The zero-order valence-electron chi connectivity index (χ0n) is 22.1. The summed E-state index contributed by atoms with van der Waals surface area (Å²) in [6.45, 7) is 14.6. The summed E-state index contributed by atoms with van der Waals surface area (Å²) in [6.07, 6.45) is 0. The van der Waals surface area contributed by atoms with E-state index in [0.717, 1.165) is 5.56 Å². The maximum Gasteiger partial charge on any atom is 0.325 e. The van der Waals surface area contributed by atoms with Crippen LogP contribution in [0.1, 0.15) is 33.3 Å². The molecule has 0 saturated heterocycles. The first-order valence-electron chi connectivity index (χ1n) is 12.0. The number of nitrogens with one attached hydrogen (secondary N) is 2. The van der Waals surface area contributed by atoms with Crippen LogP contribution in [0.25, 0.3) is 0 Å². The Balaban J connectivity index is 2.18. The van der Waals surface area contributed by atoms with Crippen LogP contribution < -0.4 is 15.4 Å². The minimum absolute atomic E-state index is 0.0339. The van der Waals surface area contributed by atoms with Crippen molar-refractivity contribution in [2.24, 2.45) is 0 Å². The molecular formula is C26H41N3O5Si. The Morgan fingerprint density at radius 2 is 1.80 bits per heavy atom. The number of carbonyl (C=O) groups is 1. The number of rotatable bonds is 14. The lowest BCUT2D eigenvalue weighted by Gasteiger charge is -2.37. The molecule has 0 unspecified atom stereocenters. The van der Waals surface area contributed by atoms with Gasteiger partial charge < -0.3 is 29.3 Å². The summed E-state index contributed by atoms with van der Waals surface area (Å²) < 4.78 is 22.9. The molecule has 8 nitrogen and oxygen atoms in total. The first kappa shape index (κ1) is 28.6. The van der Waals surface area contributed by atoms with Gasteiger partial charge in [-0.2, -0.15) is 4.98 Å². The van der Waals surface area contributed by atoms with Crippen molar-refractivity contribution >= 4 is 25.8 Å². The van der Waals surface area contributed by atoms with E-state index in [0.29, 0.717) is 43.8 Å². The number of nitrogens with zero attached hydrogens (tertiary/aromatic N) is 1. The Morgan fingerprint density at radius 3 is 2.43 bits per heavy atom. The molecule has 9 heteroatoms. The van der Waals surface area contributed by atoms with E-state index in [9.17, 15) is 4.79 Å². The molecule has 35 heavy (non-hydrogen) atoms. The van der Waals surface area contributed by atoms with E-state index in [-0.39, 0.29) is 23.6 Å². The van der Waals surface area contributed by atoms with Crippen LogP contribution in [0.2, 0.25) is 18.1 Å². The van der Waals surface area contributed by atoms with E-state index >= 15 is 0 Å². The smallest absolute Gasteiger partial charge is 0.325 e. The zero-order valence-corrected chi connectivity index (χ0v) is 23.1. The molecule has 0 aliphatic carbocycles. The Labute approximate surface area is 210 Å². The number of hydrogen-bond acceptors (Lipinski definition) is 8. The second-order valence-corrected chi connectivity index (χ2v) is 14.6. The van der Waals surface area contributed by atoms with E-state index in [4.69, 9.17) is 18.6 Å². The highest BCUT2D eigenvalue weighted by molar-refractivity contribution is 6.74. The lowest BCUT2D eigenvalue weighted by molar-refractivity contribution is -0.140. The fourth-order valence-corrected chi connectivity index (χ4v) is 3.98. The highest BCUT2D eigenvalue weighted by Gasteiger charge is 2.37. The van der Waals surface area contributed by atoms with Crippen LogP contribution in [0.5, 0.6) is 5.88 Å². The van der Waals surface area contributed by atoms with Crippen molar-refractivity contribution < 1.29 is 23.4 Å². The third kappa shape index (κ3) is 9.50. The van der Waals surface area contributed by atoms with E-state index in [1.54, 1.807) is 20.1 Å². The maximum absolute atomic E-state index is 11.9. The Morgan fingerprint density at radius 1 is 1.09 bits per heavy atom. The van der Waals surface area contributed by atoms with Crippen LogP contribution in [0.15, 0.2) is 42.5 Å². The summed E-state index contributed by atoms with van der Waals surface area (Å²) in [5.74, 6) is 0.683. The molecule has 0 amide bonds. The molecule has 0 bridgehead atoms. The van der Waals surface area contributed by atoms with E-state index in [1.165, 1.54) is 0 Å². The molecule has 2 aromatic rings. The van der Waals surface area contributed by atoms with Gasteiger partial charge in [-0.25, -0.2) is 0 Å². The monoisotopic (exact) mass is 503 g/mol. The number of pyridine rings is 1. The number of esters is 1. The molecule has 2 rings (SSSR count). The Bertz CT molecular complexity index is 919. The first-order valence-corrected chi connectivity index (χ1v) is 14.9. The van der Waals surface area contributed by atoms with Crippen LogP contribution in [0.4, 0.5) is 11.5 Å². The highest BCUT2D eigenvalue weighted by atomic mass is 28.4. The molecule has 194 valence electrons. The molecular weight excluding hydrogens is 462 g/mol. The van der Waals surface area contributed by atoms with Gasteiger partial charge in [0.2, 0.25) is 5.88 Å². The van der Waals surface area contributed by atoms with E-state index in [2.05, 4.69) is 49.5 Å². The Hall–Kier alpha value is -2.62. The standard InChI is InChI=1S/C26H41N3O5Si/c1-8-33-24(30)16-27-22-14-15-23(31-5)29-25(22)28-21(19-34-35(6,7)26(2,3)4)18-32-17-20-12-10-9-11-13-20/h9-15,21,27H,8,16-19H2,1-7H3,(H,28,29)/t21-/m0/s1. The number of carbonyl (C=O) groups excluding carboxylic acids is 1. The SMILES string of the molecule is CCOC(=O)CNc1ccc(OC)nc1N[C@@H](COCc1ccccc1)CO[Si](C)(C)C(C)(C)C. The van der Waals surface area contributed by atoms with Crippen molar-refractivity contribution in [3.63, 3.8) is 0 Å². The number of hydrogen-bond donors (Lipinski definition) is 2. The van der Waals surface area contributed by atoms with Crippen molar-refractivity contribution in [2.75, 3.05) is 44.1 Å². The molecule has 1 heterocycles. The number of methoxy groups -OCH3 is 1. The molecule has 0 fully saturated rings. The third-order valence-electron chi connectivity index (χ3n) is 6.03. The van der Waals surface area contributed by atoms with Gasteiger partial charge in [-0.3, -0.25) is 4.79 Å². The van der Waals surface area contributed by atoms with Crippen LogP contribution >= 0.6 is 0 Å². The molecule has 2 N–H and O–H groups in total. The van der Waals surface area contributed by atoms with Gasteiger partial charge >= 0.3 is 5.97 Å². The normalized spacial score (nSPS) is 12.7. The van der Waals surface area contributed by atoms with Crippen molar-refractivity contribution in [3.05, 3.63) is 48.0 Å². The summed E-state index contributed by atoms with van der Waals surface area (Å²) in [6, 6.07) is 13.4. The summed E-state index contributed by atoms with van der Waals surface area (Å²) in [4.78, 5) is 16.4. The molecule has 0 radical (unpaired) electrons. The van der Waals surface area contributed by atoms with Crippen molar-refractivity contribution in [1.82, 2.24) is 4.98 Å². The van der Waals surface area contributed by atoms with E-state index in [1.807, 2.05) is 36.4 Å².